The molecule has 24 heavy (non-hydrogen) atoms. The van der Waals surface area contributed by atoms with Gasteiger partial charge in [0.25, 0.3) is 0 Å². The van der Waals surface area contributed by atoms with Crippen molar-refractivity contribution in [3.63, 3.8) is 0 Å². The third-order valence-corrected chi connectivity index (χ3v) is 4.16. The Labute approximate surface area is 144 Å². The van der Waals surface area contributed by atoms with Crippen LogP contribution in [0.4, 0.5) is 4.39 Å². The van der Waals surface area contributed by atoms with E-state index in [1.165, 1.54) is 12.1 Å². The summed E-state index contributed by atoms with van der Waals surface area (Å²) in [6.07, 6.45) is 2.17. The summed E-state index contributed by atoms with van der Waals surface area (Å²) in [4.78, 5) is 11.6. The zero-order chi connectivity index (χ0) is 17.6. The zero-order valence-electron chi connectivity index (χ0n) is 14.3. The third-order valence-electron chi connectivity index (χ3n) is 3.04. The summed E-state index contributed by atoms with van der Waals surface area (Å²) < 4.78 is 34.2. The van der Waals surface area contributed by atoms with Crippen LogP contribution in [0.3, 0.4) is 0 Å². The van der Waals surface area contributed by atoms with E-state index in [2.05, 4.69) is 0 Å². The number of rotatable bonds is 13. The fourth-order valence-corrected chi connectivity index (χ4v) is 2.67. The van der Waals surface area contributed by atoms with Crippen molar-refractivity contribution in [3.8, 4) is 5.75 Å². The van der Waals surface area contributed by atoms with Crippen LogP contribution in [0.5, 0.6) is 5.75 Å². The number of ether oxygens (including phenoxy) is 4. The number of hydrogen-bond acceptors (Lipinski definition) is 5. The van der Waals surface area contributed by atoms with Crippen LogP contribution in [0.2, 0.25) is 0 Å². The summed E-state index contributed by atoms with van der Waals surface area (Å²) in [5.74, 6) is -1.11. The van der Waals surface area contributed by atoms with Crippen molar-refractivity contribution >= 4 is 14.6 Å². The first-order chi connectivity index (χ1) is 11.6. The molecule has 7 heteroatoms. The van der Waals surface area contributed by atoms with Gasteiger partial charge in [-0.2, -0.15) is 0 Å². The molecule has 5 nitrogen and oxygen atoms in total. The molecule has 0 fully saturated rings. The monoisotopic (exact) mass is 360 g/mol. The third kappa shape index (κ3) is 9.93. The first-order valence-electron chi connectivity index (χ1n) is 7.95. The first-order valence-corrected chi connectivity index (χ1v) is 9.37. The van der Waals surface area contributed by atoms with Crippen molar-refractivity contribution in [1.82, 2.24) is 0 Å². The molecule has 0 aliphatic rings. The number of benzene rings is 1. The highest BCUT2D eigenvalue weighted by molar-refractivity contribution is 7.38. The van der Waals surface area contributed by atoms with Crippen LogP contribution in [0.1, 0.15) is 12.0 Å². The molecule has 0 bridgehead atoms. The molecule has 0 aliphatic heterocycles. The summed E-state index contributed by atoms with van der Waals surface area (Å²) >= 11 is 0. The number of hydrogen-bond donors (Lipinski definition) is 0. The average Bonchev–Trinajstić information content (AvgIpc) is 2.55. The molecule has 0 saturated heterocycles. The van der Waals surface area contributed by atoms with Crippen molar-refractivity contribution in [2.24, 2.45) is 0 Å². The number of carbonyl (C=O) groups is 1. The van der Waals surface area contributed by atoms with Gasteiger partial charge in [-0.05, 0) is 36.9 Å². The maximum absolute atomic E-state index is 13.5. The minimum Gasteiger partial charge on any atom is -0.423 e. The number of carbonyl (C=O) groups excluding carboxylic acids is 1. The van der Waals surface area contributed by atoms with Crippen molar-refractivity contribution in [1.29, 1.82) is 0 Å². The lowest BCUT2D eigenvalue weighted by Gasteiger charge is -2.07. The molecule has 0 aromatic heterocycles. The van der Waals surface area contributed by atoms with Crippen LogP contribution in [0.15, 0.2) is 18.2 Å². The normalized spacial score (nSPS) is 11.3. The number of aryl methyl sites for hydroxylation is 1. The fraction of sp³-hybridized carbons (Fsp3) is 0.588. The van der Waals surface area contributed by atoms with Gasteiger partial charge in [0.05, 0.1) is 32.8 Å². The fourth-order valence-electron chi connectivity index (χ4n) is 1.78. The molecule has 1 aromatic rings. The van der Waals surface area contributed by atoms with E-state index >= 15 is 0 Å². The molecule has 0 aliphatic carbocycles. The Kier molecular flexibility index (Phi) is 11.6. The number of halogens is 1. The van der Waals surface area contributed by atoms with E-state index in [1.54, 1.807) is 20.1 Å². The highest BCUT2D eigenvalue weighted by atomic mass is 31.1. The molecule has 1 aromatic carbocycles. The van der Waals surface area contributed by atoms with Gasteiger partial charge >= 0.3 is 5.97 Å². The van der Waals surface area contributed by atoms with E-state index in [1.807, 2.05) is 0 Å². The predicted octanol–water partition coefficient (Wildman–Crippen LogP) is 2.79. The molecule has 0 spiro atoms. The van der Waals surface area contributed by atoms with E-state index in [-0.39, 0.29) is 18.8 Å². The van der Waals surface area contributed by atoms with Crippen molar-refractivity contribution in [2.75, 3.05) is 52.5 Å². The molecule has 0 saturated carbocycles. The highest BCUT2D eigenvalue weighted by Gasteiger charge is 2.09. The molecule has 0 radical (unpaired) electrons. The van der Waals surface area contributed by atoms with E-state index in [0.29, 0.717) is 19.8 Å². The minimum absolute atomic E-state index is 0.0526. The SMILES string of the molecule is COCCPCCOCCOCCC(=O)Oc1ccc(C)cc1F. The second-order valence-electron chi connectivity index (χ2n) is 5.13. The van der Waals surface area contributed by atoms with Gasteiger partial charge in [0.1, 0.15) is 0 Å². The molecule has 1 unspecified atom stereocenters. The van der Waals surface area contributed by atoms with E-state index in [4.69, 9.17) is 18.9 Å². The summed E-state index contributed by atoms with van der Waals surface area (Å²) in [6, 6.07) is 4.46. The topological polar surface area (TPSA) is 54.0 Å². The molecule has 0 amide bonds. The Hall–Kier alpha value is -1.07. The lowest BCUT2D eigenvalue weighted by molar-refractivity contribution is -0.135. The van der Waals surface area contributed by atoms with Gasteiger partial charge in [-0.25, -0.2) is 4.39 Å². The summed E-state index contributed by atoms with van der Waals surface area (Å²) in [5.41, 5.74) is 0.773. The van der Waals surface area contributed by atoms with Gasteiger partial charge in [-0.1, -0.05) is 6.07 Å². The van der Waals surface area contributed by atoms with Crippen molar-refractivity contribution < 1.29 is 28.1 Å². The minimum atomic E-state index is -0.538. The Morgan fingerprint density at radius 2 is 1.79 bits per heavy atom. The molecule has 0 heterocycles. The van der Waals surface area contributed by atoms with Crippen LogP contribution in [-0.2, 0) is 19.0 Å². The van der Waals surface area contributed by atoms with Gasteiger partial charge in [0.2, 0.25) is 0 Å². The predicted molar refractivity (Wildman–Crippen MR) is 93.0 cm³/mol. The van der Waals surface area contributed by atoms with Crippen LogP contribution in [0.25, 0.3) is 0 Å². The molecular weight excluding hydrogens is 334 g/mol. The van der Waals surface area contributed by atoms with Gasteiger partial charge in [0, 0.05) is 13.7 Å². The quantitative estimate of drug-likeness (QED) is 0.234. The lowest BCUT2D eigenvalue weighted by Crippen LogP contribution is -2.14. The summed E-state index contributed by atoms with van der Waals surface area (Å²) in [5, 5.41) is 0. The molecule has 1 atom stereocenters. The Morgan fingerprint density at radius 1 is 1.08 bits per heavy atom. The molecule has 0 N–H and O–H groups in total. The number of esters is 1. The van der Waals surface area contributed by atoms with Crippen molar-refractivity contribution in [2.45, 2.75) is 13.3 Å². The van der Waals surface area contributed by atoms with E-state index in [0.717, 1.165) is 33.1 Å². The second kappa shape index (κ2) is 13.2. The van der Waals surface area contributed by atoms with E-state index in [9.17, 15) is 9.18 Å². The first kappa shape index (κ1) is 21.0. The van der Waals surface area contributed by atoms with Crippen LogP contribution in [-0.4, -0.2) is 58.4 Å². The standard InChI is InChI=1S/C17H26FO5P/c1-14-3-4-16(15(18)13-14)23-17(19)5-6-21-7-8-22-10-12-24-11-9-20-2/h3-4,13,24H,5-12H2,1-2H3. The Balaban J connectivity index is 1.98. The zero-order valence-corrected chi connectivity index (χ0v) is 15.3. The van der Waals surface area contributed by atoms with Gasteiger partial charge in [-0.15, -0.1) is 8.58 Å². The van der Waals surface area contributed by atoms with Crippen molar-refractivity contribution in [3.05, 3.63) is 29.6 Å². The van der Waals surface area contributed by atoms with Gasteiger partial charge in [0.15, 0.2) is 11.6 Å². The number of methoxy groups -OCH3 is 1. The second-order valence-corrected chi connectivity index (χ2v) is 6.63. The van der Waals surface area contributed by atoms with Crippen LogP contribution < -0.4 is 4.74 Å². The molecule has 1 rings (SSSR count). The summed E-state index contributed by atoms with van der Waals surface area (Å²) in [6.45, 7) is 4.42. The van der Waals surface area contributed by atoms with E-state index < -0.39 is 11.8 Å². The molecular formula is C17H26FO5P. The van der Waals surface area contributed by atoms with Gasteiger partial charge < -0.3 is 18.9 Å². The average molecular weight is 360 g/mol. The molecule has 136 valence electrons. The maximum atomic E-state index is 13.5. The lowest BCUT2D eigenvalue weighted by atomic mass is 10.2. The van der Waals surface area contributed by atoms with Crippen LogP contribution in [0, 0.1) is 12.7 Å². The smallest absolute Gasteiger partial charge is 0.313 e. The Bertz CT molecular complexity index is 484. The highest BCUT2D eigenvalue weighted by Crippen LogP contribution is 2.18. The Morgan fingerprint density at radius 3 is 2.50 bits per heavy atom. The van der Waals surface area contributed by atoms with Crippen LogP contribution >= 0.6 is 8.58 Å². The van der Waals surface area contributed by atoms with Gasteiger partial charge in [-0.3, -0.25) is 4.79 Å². The largest absolute Gasteiger partial charge is 0.423 e. The summed E-state index contributed by atoms with van der Waals surface area (Å²) in [7, 11) is 2.55. The maximum Gasteiger partial charge on any atom is 0.313 e.